The van der Waals surface area contributed by atoms with Gasteiger partial charge in [-0.05, 0) is 58.1 Å². The number of nitrogens with zero attached hydrogens (tertiary/aromatic N) is 3. The van der Waals surface area contributed by atoms with E-state index in [4.69, 9.17) is 14.0 Å². The quantitative estimate of drug-likeness (QED) is 0.692. The molecular formula is C25H33N3O5. The number of morpholine rings is 1. The van der Waals surface area contributed by atoms with Crippen molar-refractivity contribution in [3.8, 4) is 5.75 Å². The van der Waals surface area contributed by atoms with E-state index in [9.17, 15) is 9.59 Å². The fraction of sp³-hybridized carbons (Fsp3) is 0.560. The van der Waals surface area contributed by atoms with Crippen molar-refractivity contribution >= 4 is 11.8 Å². The van der Waals surface area contributed by atoms with Crippen LogP contribution >= 0.6 is 0 Å². The van der Waals surface area contributed by atoms with Crippen molar-refractivity contribution in [3.63, 3.8) is 0 Å². The largest absolute Gasteiger partial charge is 0.491 e. The van der Waals surface area contributed by atoms with E-state index in [1.165, 1.54) is 5.56 Å². The van der Waals surface area contributed by atoms with Crippen LogP contribution in [0, 0.1) is 13.8 Å². The topological polar surface area (TPSA) is 85.1 Å². The van der Waals surface area contributed by atoms with E-state index in [2.05, 4.69) is 11.2 Å². The SMILES string of the molecule is CCN1CCOc2ccccc2CCCCC2(CN(C(=O)c3c(C)noc3C)CCO2)C1=O. The highest BCUT2D eigenvalue weighted by atomic mass is 16.5. The van der Waals surface area contributed by atoms with Crippen LogP contribution in [0.2, 0.25) is 0 Å². The number of amides is 2. The third-order valence-electron chi connectivity index (χ3n) is 6.65. The fourth-order valence-corrected chi connectivity index (χ4v) is 4.83. The van der Waals surface area contributed by atoms with Gasteiger partial charge >= 0.3 is 0 Å². The third kappa shape index (κ3) is 4.76. The minimum Gasteiger partial charge on any atom is -0.491 e. The number of ether oxygens (including phenoxy) is 2. The zero-order chi connectivity index (χ0) is 23.4. The summed E-state index contributed by atoms with van der Waals surface area (Å²) < 4.78 is 17.5. The number of aromatic nitrogens is 1. The van der Waals surface area contributed by atoms with E-state index in [0.717, 1.165) is 25.0 Å². The van der Waals surface area contributed by atoms with Crippen LogP contribution in [-0.2, 0) is 16.0 Å². The molecule has 1 saturated heterocycles. The number of carbonyl (C=O) groups is 2. The van der Waals surface area contributed by atoms with Crippen molar-refractivity contribution in [1.29, 1.82) is 0 Å². The van der Waals surface area contributed by atoms with E-state index in [1.54, 1.807) is 23.6 Å². The Hall–Kier alpha value is -2.87. The third-order valence-corrected chi connectivity index (χ3v) is 6.65. The van der Waals surface area contributed by atoms with Crippen molar-refractivity contribution in [3.05, 3.63) is 46.8 Å². The van der Waals surface area contributed by atoms with Crippen LogP contribution in [-0.4, -0.2) is 71.8 Å². The summed E-state index contributed by atoms with van der Waals surface area (Å²) >= 11 is 0. The number of rotatable bonds is 2. The number of aryl methyl sites for hydroxylation is 3. The molecule has 33 heavy (non-hydrogen) atoms. The van der Waals surface area contributed by atoms with Crippen LogP contribution in [0.3, 0.4) is 0 Å². The van der Waals surface area contributed by atoms with E-state index in [0.29, 0.717) is 56.3 Å². The number of carbonyl (C=O) groups excluding carboxylic acids is 2. The Bertz CT molecular complexity index is 984. The molecule has 1 fully saturated rings. The molecule has 4 rings (SSSR count). The van der Waals surface area contributed by atoms with E-state index < -0.39 is 5.60 Å². The van der Waals surface area contributed by atoms with Gasteiger partial charge in [0.2, 0.25) is 0 Å². The summed E-state index contributed by atoms with van der Waals surface area (Å²) in [5.74, 6) is 1.15. The highest BCUT2D eigenvalue weighted by molar-refractivity contribution is 5.97. The Morgan fingerprint density at radius 1 is 1.15 bits per heavy atom. The average Bonchev–Trinajstić information content (AvgIpc) is 3.16. The first kappa shape index (κ1) is 23.3. The van der Waals surface area contributed by atoms with Gasteiger partial charge in [0.05, 0.1) is 25.4 Å². The first-order chi connectivity index (χ1) is 15.9. The molecule has 0 radical (unpaired) electrons. The molecule has 8 nitrogen and oxygen atoms in total. The fourth-order valence-electron chi connectivity index (χ4n) is 4.83. The van der Waals surface area contributed by atoms with Crippen LogP contribution in [0.1, 0.15) is 53.6 Å². The normalized spacial score (nSPS) is 22.3. The van der Waals surface area contributed by atoms with Crippen molar-refractivity contribution < 1.29 is 23.6 Å². The van der Waals surface area contributed by atoms with Crippen LogP contribution in [0.5, 0.6) is 5.75 Å². The minimum absolute atomic E-state index is 0.0706. The second-order valence-corrected chi connectivity index (χ2v) is 8.82. The zero-order valence-electron chi connectivity index (χ0n) is 19.8. The molecule has 0 bridgehead atoms. The summed E-state index contributed by atoms with van der Waals surface area (Å²) in [6, 6.07) is 8.09. The van der Waals surface area contributed by atoms with Crippen molar-refractivity contribution in [1.82, 2.24) is 15.0 Å². The number of benzene rings is 1. The Labute approximate surface area is 194 Å². The highest BCUT2D eigenvalue weighted by Gasteiger charge is 2.47. The van der Waals surface area contributed by atoms with Gasteiger partial charge in [0, 0.05) is 13.1 Å². The smallest absolute Gasteiger partial charge is 0.259 e. The molecule has 0 saturated carbocycles. The lowest BCUT2D eigenvalue weighted by Crippen LogP contribution is -2.62. The van der Waals surface area contributed by atoms with E-state index in [-0.39, 0.29) is 18.4 Å². The standard InChI is InChI=1S/C25H33N3O5/c1-4-27-13-15-31-21-11-6-5-9-20(21)10-7-8-12-25(24(27)30)17-28(14-16-32-25)23(29)22-18(2)26-33-19(22)3/h5-6,9,11H,4,7-8,10,12-17H2,1-3H3. The van der Waals surface area contributed by atoms with Gasteiger partial charge in [-0.1, -0.05) is 23.4 Å². The minimum atomic E-state index is -1.05. The van der Waals surface area contributed by atoms with Gasteiger partial charge in [-0.15, -0.1) is 0 Å². The molecule has 1 aromatic heterocycles. The van der Waals surface area contributed by atoms with Crippen LogP contribution in [0.15, 0.2) is 28.8 Å². The predicted octanol–water partition coefficient (Wildman–Crippen LogP) is 3.16. The lowest BCUT2D eigenvalue weighted by atomic mass is 9.90. The van der Waals surface area contributed by atoms with Crippen LogP contribution in [0.4, 0.5) is 0 Å². The maximum absolute atomic E-state index is 13.8. The highest BCUT2D eigenvalue weighted by Crippen LogP contribution is 2.30. The van der Waals surface area contributed by atoms with Gasteiger partial charge in [0.15, 0.2) is 5.60 Å². The second kappa shape index (κ2) is 9.95. The number of hydrogen-bond acceptors (Lipinski definition) is 6. The van der Waals surface area contributed by atoms with Gasteiger partial charge in [-0.3, -0.25) is 9.59 Å². The summed E-state index contributed by atoms with van der Waals surface area (Å²) in [5.41, 5.74) is 1.17. The summed E-state index contributed by atoms with van der Waals surface area (Å²) in [5, 5.41) is 3.92. The van der Waals surface area contributed by atoms with Crippen molar-refractivity contribution in [2.24, 2.45) is 0 Å². The van der Waals surface area contributed by atoms with Crippen LogP contribution in [0.25, 0.3) is 0 Å². The van der Waals surface area contributed by atoms with Crippen molar-refractivity contribution in [2.75, 3.05) is 39.4 Å². The predicted molar refractivity (Wildman–Crippen MR) is 122 cm³/mol. The second-order valence-electron chi connectivity index (χ2n) is 8.82. The van der Waals surface area contributed by atoms with E-state index >= 15 is 0 Å². The van der Waals surface area contributed by atoms with Gasteiger partial charge in [0.25, 0.3) is 11.8 Å². The Balaban J connectivity index is 1.58. The molecule has 2 aromatic rings. The molecule has 1 aromatic carbocycles. The molecule has 2 amide bonds. The number of para-hydroxylation sites is 1. The number of fused-ring (bicyclic) bond motifs is 1. The van der Waals surface area contributed by atoms with E-state index in [1.807, 2.05) is 25.1 Å². The van der Waals surface area contributed by atoms with Gasteiger partial charge in [0.1, 0.15) is 23.7 Å². The summed E-state index contributed by atoms with van der Waals surface area (Å²) in [4.78, 5) is 30.6. The molecule has 1 atom stereocenters. The molecule has 8 heteroatoms. The molecule has 2 aliphatic heterocycles. The molecule has 0 aliphatic carbocycles. The lowest BCUT2D eigenvalue weighted by molar-refractivity contribution is -0.170. The molecule has 1 unspecified atom stereocenters. The average molecular weight is 456 g/mol. The van der Waals surface area contributed by atoms with Crippen molar-refractivity contribution in [2.45, 2.75) is 52.1 Å². The Kier molecular flexibility index (Phi) is 7.02. The molecule has 1 spiro atoms. The number of hydrogen-bond donors (Lipinski definition) is 0. The molecule has 2 aliphatic rings. The molecule has 3 heterocycles. The first-order valence-electron chi connectivity index (χ1n) is 11.8. The maximum Gasteiger partial charge on any atom is 0.259 e. The number of likely N-dealkylation sites (N-methyl/N-ethyl adjacent to an activating group) is 1. The monoisotopic (exact) mass is 455 g/mol. The first-order valence-corrected chi connectivity index (χ1v) is 11.8. The van der Waals surface area contributed by atoms with Gasteiger partial charge in [-0.25, -0.2) is 0 Å². The molecule has 178 valence electrons. The Morgan fingerprint density at radius 2 is 1.97 bits per heavy atom. The summed E-state index contributed by atoms with van der Waals surface area (Å²) in [7, 11) is 0. The van der Waals surface area contributed by atoms with Gasteiger partial charge < -0.3 is 23.8 Å². The Morgan fingerprint density at radius 3 is 2.73 bits per heavy atom. The zero-order valence-corrected chi connectivity index (χ0v) is 19.8. The molecule has 0 N–H and O–H groups in total. The molecular weight excluding hydrogens is 422 g/mol. The van der Waals surface area contributed by atoms with Crippen LogP contribution < -0.4 is 4.74 Å². The maximum atomic E-state index is 13.8. The summed E-state index contributed by atoms with van der Waals surface area (Å²) in [6.07, 6.45) is 3.16. The lowest BCUT2D eigenvalue weighted by Gasteiger charge is -2.44. The van der Waals surface area contributed by atoms with Gasteiger partial charge in [-0.2, -0.15) is 0 Å². The summed E-state index contributed by atoms with van der Waals surface area (Å²) in [6.45, 7) is 7.86.